The molecule has 232 valence electrons. The third kappa shape index (κ3) is 6.11. The molecule has 45 heavy (non-hydrogen) atoms. The van der Waals surface area contributed by atoms with Crippen molar-refractivity contribution < 1.29 is 23.0 Å². The molecular weight excluding hydrogens is 604 g/mol. The highest BCUT2D eigenvalue weighted by atomic mass is 35.5. The SMILES string of the molecule is [C-]#[N+]C[C@H]1CN(c2nc(OCC3CN(C)CCO3)nc3c(F)c(-c4cccc5cccc(Cl)c45)ncc23)CCN1C(=O)C(=C)F. The zero-order valence-corrected chi connectivity index (χ0v) is 25.3. The molecule has 2 aliphatic rings. The summed E-state index contributed by atoms with van der Waals surface area (Å²) in [5, 5.41) is 2.28. The van der Waals surface area contributed by atoms with Gasteiger partial charge in [-0.2, -0.15) is 9.97 Å². The number of morpholine rings is 1. The van der Waals surface area contributed by atoms with Crippen molar-refractivity contribution in [3.05, 3.63) is 77.3 Å². The molecule has 13 heteroatoms. The van der Waals surface area contributed by atoms with Gasteiger partial charge in [-0.3, -0.25) is 9.78 Å². The second-order valence-corrected chi connectivity index (χ2v) is 11.5. The van der Waals surface area contributed by atoms with Gasteiger partial charge in [0.05, 0.1) is 12.0 Å². The van der Waals surface area contributed by atoms with Gasteiger partial charge in [-0.1, -0.05) is 48.5 Å². The van der Waals surface area contributed by atoms with E-state index in [2.05, 4.69) is 31.3 Å². The van der Waals surface area contributed by atoms with E-state index in [0.717, 1.165) is 11.9 Å². The van der Waals surface area contributed by atoms with E-state index in [4.69, 9.17) is 27.6 Å². The lowest BCUT2D eigenvalue weighted by Gasteiger charge is -2.39. The van der Waals surface area contributed by atoms with Gasteiger partial charge in [0, 0.05) is 54.9 Å². The number of aromatic nitrogens is 3. The Morgan fingerprint density at radius 2 is 2.00 bits per heavy atom. The van der Waals surface area contributed by atoms with Crippen molar-refractivity contribution in [2.75, 3.05) is 64.4 Å². The van der Waals surface area contributed by atoms with Crippen LogP contribution >= 0.6 is 11.6 Å². The second kappa shape index (κ2) is 12.9. The molecule has 2 aromatic heterocycles. The fourth-order valence-electron chi connectivity index (χ4n) is 5.88. The summed E-state index contributed by atoms with van der Waals surface area (Å²) in [4.78, 5) is 34.9. The van der Waals surface area contributed by atoms with Crippen LogP contribution in [0.1, 0.15) is 0 Å². The van der Waals surface area contributed by atoms with E-state index in [1.54, 1.807) is 12.1 Å². The van der Waals surface area contributed by atoms with Gasteiger partial charge in [-0.05, 0) is 18.5 Å². The second-order valence-electron chi connectivity index (χ2n) is 11.1. The number of ether oxygens (including phenoxy) is 2. The van der Waals surface area contributed by atoms with E-state index >= 15 is 4.39 Å². The molecule has 0 radical (unpaired) electrons. The highest BCUT2D eigenvalue weighted by molar-refractivity contribution is 6.36. The maximum atomic E-state index is 16.6. The molecule has 0 saturated carbocycles. The molecule has 4 heterocycles. The third-order valence-electron chi connectivity index (χ3n) is 8.07. The average molecular weight is 634 g/mol. The van der Waals surface area contributed by atoms with Crippen LogP contribution in [0.4, 0.5) is 14.6 Å². The van der Waals surface area contributed by atoms with Crippen molar-refractivity contribution in [3.8, 4) is 17.3 Å². The van der Waals surface area contributed by atoms with Crippen LogP contribution in [0.3, 0.4) is 0 Å². The molecule has 2 fully saturated rings. The minimum absolute atomic E-state index is 0.0110. The van der Waals surface area contributed by atoms with E-state index in [0.29, 0.717) is 40.3 Å². The first-order chi connectivity index (χ1) is 21.7. The number of amides is 1. The summed E-state index contributed by atoms with van der Waals surface area (Å²) < 4.78 is 42.2. The standard InChI is InChI=1S/C32H30ClF2N7O3/c1-19(34)31(43)42-11-10-41(16-21(42)14-36-2)30-24-15-37-28(23-8-4-6-20-7-5-9-25(33)26(20)23)27(35)29(24)38-32(39-30)45-18-22-17-40(3)12-13-44-22/h4-9,15,21-22H,1,10-14,16-18H2,3H3/t21-,22?/m0/s1. The number of rotatable bonds is 7. The maximum absolute atomic E-state index is 16.6. The van der Waals surface area contributed by atoms with Crippen LogP contribution < -0.4 is 9.64 Å². The number of piperazine rings is 1. The lowest BCUT2D eigenvalue weighted by molar-refractivity contribution is -0.131. The van der Waals surface area contributed by atoms with Crippen molar-refractivity contribution in [2.24, 2.45) is 0 Å². The minimum Gasteiger partial charge on any atom is -0.461 e. The molecule has 2 atom stereocenters. The topological polar surface area (TPSA) is 88.3 Å². The van der Waals surface area contributed by atoms with Crippen LogP contribution in [-0.4, -0.2) is 102 Å². The van der Waals surface area contributed by atoms with E-state index in [9.17, 15) is 9.18 Å². The molecule has 0 bridgehead atoms. The largest absolute Gasteiger partial charge is 0.461 e. The highest BCUT2D eigenvalue weighted by Gasteiger charge is 2.35. The molecule has 1 amide bonds. The third-order valence-corrected chi connectivity index (χ3v) is 8.38. The molecule has 4 aromatic rings. The normalized spacial score (nSPS) is 19.1. The van der Waals surface area contributed by atoms with E-state index < -0.39 is 23.6 Å². The van der Waals surface area contributed by atoms with Crippen LogP contribution in [0.2, 0.25) is 5.02 Å². The fourth-order valence-corrected chi connectivity index (χ4v) is 6.16. The summed E-state index contributed by atoms with van der Waals surface area (Å²) in [6.45, 7) is 13.1. The molecule has 6 rings (SSSR count). The zero-order valence-electron chi connectivity index (χ0n) is 24.5. The van der Waals surface area contributed by atoms with Crippen LogP contribution in [0.25, 0.3) is 37.8 Å². The number of halogens is 3. The van der Waals surface area contributed by atoms with Crippen molar-refractivity contribution in [1.29, 1.82) is 0 Å². The van der Waals surface area contributed by atoms with Crippen LogP contribution in [-0.2, 0) is 9.53 Å². The summed E-state index contributed by atoms with van der Waals surface area (Å²) in [6, 6.07) is 10.2. The van der Waals surface area contributed by atoms with Gasteiger partial charge in [0.25, 0.3) is 5.91 Å². The average Bonchev–Trinajstić information content (AvgIpc) is 3.03. The van der Waals surface area contributed by atoms with Gasteiger partial charge in [-0.15, -0.1) is 0 Å². The summed E-state index contributed by atoms with van der Waals surface area (Å²) in [7, 11) is 1.99. The smallest absolute Gasteiger partial charge is 0.319 e. The van der Waals surface area contributed by atoms with Gasteiger partial charge in [0.1, 0.15) is 35.8 Å². The minimum atomic E-state index is -1.09. The number of nitrogens with zero attached hydrogens (tertiary/aromatic N) is 7. The fraction of sp³-hybridized carbons (Fsp3) is 0.344. The van der Waals surface area contributed by atoms with Gasteiger partial charge < -0.3 is 29.0 Å². The first-order valence-electron chi connectivity index (χ1n) is 14.5. The Hall–Kier alpha value is -4.44. The molecular formula is C32H30ClF2N7O3. The monoisotopic (exact) mass is 633 g/mol. The molecule has 2 aromatic carbocycles. The molecule has 2 aliphatic heterocycles. The zero-order chi connectivity index (χ0) is 31.7. The Kier molecular flexibility index (Phi) is 8.76. The maximum Gasteiger partial charge on any atom is 0.319 e. The van der Waals surface area contributed by atoms with Crippen molar-refractivity contribution in [2.45, 2.75) is 12.1 Å². The molecule has 2 saturated heterocycles. The van der Waals surface area contributed by atoms with Crippen LogP contribution in [0.15, 0.2) is 55.0 Å². The Labute approximate surface area is 263 Å². The first-order valence-corrected chi connectivity index (χ1v) is 14.8. The first kappa shape index (κ1) is 30.6. The number of likely N-dealkylation sites (N-methyl/N-ethyl adjacent to an activating group) is 1. The summed E-state index contributed by atoms with van der Waals surface area (Å²) in [5.41, 5.74) is 0.564. The van der Waals surface area contributed by atoms with Gasteiger partial charge in [-0.25, -0.2) is 15.4 Å². The van der Waals surface area contributed by atoms with E-state index in [1.165, 1.54) is 11.1 Å². The lowest BCUT2D eigenvalue weighted by atomic mass is 10.0. The summed E-state index contributed by atoms with van der Waals surface area (Å²) in [5.74, 6) is -2.30. The van der Waals surface area contributed by atoms with Crippen LogP contribution in [0, 0.1) is 12.4 Å². The Morgan fingerprint density at radius 1 is 1.20 bits per heavy atom. The predicted molar refractivity (Wildman–Crippen MR) is 167 cm³/mol. The molecule has 0 N–H and O–H groups in total. The van der Waals surface area contributed by atoms with Crippen LogP contribution in [0.5, 0.6) is 6.01 Å². The van der Waals surface area contributed by atoms with Gasteiger partial charge in [0.2, 0.25) is 6.54 Å². The van der Waals surface area contributed by atoms with Crippen molar-refractivity contribution in [3.63, 3.8) is 0 Å². The number of fused-ring (bicyclic) bond motifs is 2. The lowest BCUT2D eigenvalue weighted by Crippen LogP contribution is -2.56. The quantitative estimate of drug-likeness (QED) is 0.213. The molecule has 0 aliphatic carbocycles. The van der Waals surface area contributed by atoms with E-state index in [-0.39, 0.29) is 56.1 Å². The summed E-state index contributed by atoms with van der Waals surface area (Å²) >= 11 is 6.56. The Bertz CT molecular complexity index is 1830. The number of carbonyl (C=O) groups is 1. The van der Waals surface area contributed by atoms with Gasteiger partial charge in [0.15, 0.2) is 11.6 Å². The predicted octanol–water partition coefficient (Wildman–Crippen LogP) is 4.77. The van der Waals surface area contributed by atoms with Gasteiger partial charge >= 0.3 is 6.01 Å². The Balaban J connectivity index is 1.44. The van der Waals surface area contributed by atoms with Crippen molar-refractivity contribution in [1.82, 2.24) is 24.8 Å². The number of anilines is 1. The number of pyridine rings is 1. The van der Waals surface area contributed by atoms with Crippen molar-refractivity contribution >= 4 is 45.0 Å². The number of hydrogen-bond acceptors (Lipinski definition) is 8. The number of carbonyl (C=O) groups excluding carboxylic acids is 1. The summed E-state index contributed by atoms with van der Waals surface area (Å²) in [6.07, 6.45) is 1.28. The number of benzene rings is 2. The highest BCUT2D eigenvalue weighted by Crippen LogP contribution is 2.37. The van der Waals surface area contributed by atoms with E-state index in [1.807, 2.05) is 36.2 Å². The number of hydrogen-bond donors (Lipinski definition) is 0. The Morgan fingerprint density at radius 3 is 2.76 bits per heavy atom. The molecule has 10 nitrogen and oxygen atoms in total. The molecule has 0 spiro atoms. The molecule has 1 unspecified atom stereocenters.